The van der Waals surface area contributed by atoms with Crippen LogP contribution in [-0.4, -0.2) is 88.8 Å². The first-order valence-corrected chi connectivity index (χ1v) is 48.6. The molecule has 4 heterocycles. The number of unbranched alkanes of at least 4 members (excludes halogenated alkanes) is 51. The average molecular weight is 1700 g/mol. The van der Waals surface area contributed by atoms with Gasteiger partial charge in [-0.15, -0.1) is 0 Å². The predicted octanol–water partition coefficient (Wildman–Crippen LogP) is 25.2. The van der Waals surface area contributed by atoms with Crippen LogP contribution in [-0.2, 0) is 28.6 Å². The smallest absolute Gasteiger partial charge is 0.303 e. The Morgan fingerprint density at radius 1 is 0.470 bits per heavy atom. The number of nitrogens with one attached hydrogen (secondary N) is 2. The van der Waals surface area contributed by atoms with Gasteiger partial charge in [-0.25, -0.2) is 14.2 Å². The van der Waals surface area contributed by atoms with E-state index in [-0.39, 0.29) is 69.3 Å². The Balaban J connectivity index is 0.00000154. The van der Waals surface area contributed by atoms with Crippen molar-refractivity contribution in [3.63, 3.8) is 0 Å². The van der Waals surface area contributed by atoms with E-state index in [2.05, 4.69) is 91.8 Å². The molecule has 4 aromatic rings. The van der Waals surface area contributed by atoms with E-state index in [1.165, 1.54) is 327 Å². The molecule has 2 fully saturated rings. The quantitative estimate of drug-likeness (QED) is 0.00597. The molecule has 4 atom stereocenters. The van der Waals surface area contributed by atoms with Crippen LogP contribution in [0.1, 0.15) is 437 Å². The van der Waals surface area contributed by atoms with Crippen LogP contribution in [0, 0.1) is 11.8 Å². The van der Waals surface area contributed by atoms with Gasteiger partial charge in [0.2, 0.25) is 26.4 Å². The number of hydrogen-bond donors (Lipinski definition) is 6. The molecule has 25 heteroatoms. The Morgan fingerprint density at radius 3 is 1.05 bits per heavy atom. The minimum absolute atomic E-state index is 0. The van der Waals surface area contributed by atoms with Gasteiger partial charge in [0.15, 0.2) is 22.3 Å². The third kappa shape index (κ3) is 56.5. The number of hydrogen-bond acceptors (Lipinski definition) is 14. The lowest BCUT2D eigenvalue weighted by atomic mass is 9.95. The number of allylic oxidation sites excluding steroid dienone is 2. The summed E-state index contributed by atoms with van der Waals surface area (Å²) in [6, 6.07) is 0.153. The monoisotopic (exact) mass is 1700 g/mol. The number of imidazole rings is 2. The number of aliphatic hydroxyl groups is 1. The summed E-state index contributed by atoms with van der Waals surface area (Å²) in [4.78, 5) is 77.3. The molecule has 0 amide bonds. The van der Waals surface area contributed by atoms with E-state index in [0.717, 1.165) is 82.0 Å². The molecule has 12 N–H and O–H groups in total. The number of halogens is 3. The Bertz CT molecular complexity index is 3150. The summed E-state index contributed by atoms with van der Waals surface area (Å²) < 4.78 is 12.9. The van der Waals surface area contributed by atoms with E-state index >= 15 is 0 Å². The summed E-state index contributed by atoms with van der Waals surface area (Å²) in [6.07, 6.45) is 83.9. The van der Waals surface area contributed by atoms with Crippen molar-refractivity contribution in [2.75, 3.05) is 24.7 Å². The fourth-order valence-electron chi connectivity index (χ4n) is 15.6. The number of rotatable bonds is 66. The standard InChI is InChI=1S/C34H57N5O3.C22H43ClO.C22H44O2.C12H15N5O2.Cl2OS.2H2O/c1-4-5-6-7-8-14-17-20-25-41-42-27(2)21-18-15-12-10-9-11-13-16-19-22-29-23-24-30(28(29)3)39-26-36-31-32(39)37-34(35)38-33(31)40;2*1-2-3-4-5-6-7-8-9-10-11-12-13-14-15-16-17-18-19-20-21-22(23)24;1-6-7(4-18)2-3-8(6)17-5-14-9-10(17)15-12(13)16-11(9)19;1-4(2)3;;/h26,29-30H,2-25H2,1H3,(H3,35,37,38,40);2-21H2,1H3;2-21H2,1H3,(H,23,24);5,7-8,18H,1-4H2,(H3,13,15,16,19);;2*1H2/t29-,30+;;;7-,8-;;;/m1..0.../s1. The van der Waals surface area contributed by atoms with E-state index in [1.807, 2.05) is 9.13 Å². The van der Waals surface area contributed by atoms with Gasteiger partial charge in [0.05, 0.1) is 31.3 Å². The highest BCUT2D eigenvalue weighted by Gasteiger charge is 2.32. The molecule has 2 aliphatic carbocycles. The number of fused-ring (bicyclic) bond motifs is 2. The van der Waals surface area contributed by atoms with Crippen LogP contribution in [0.15, 0.2) is 58.9 Å². The van der Waals surface area contributed by atoms with Crippen LogP contribution in [0.5, 0.6) is 0 Å². The topological polar surface area (TPSA) is 352 Å². The van der Waals surface area contributed by atoms with Crippen LogP contribution in [0.4, 0.5) is 11.9 Å². The largest absolute Gasteiger partial charge is 0.481 e. The third-order valence-corrected chi connectivity index (χ3v) is 22.7. The molecule has 115 heavy (non-hydrogen) atoms. The second-order valence-electron chi connectivity index (χ2n) is 32.3. The third-order valence-electron chi connectivity index (χ3n) is 22.5. The van der Waals surface area contributed by atoms with Gasteiger partial charge in [-0.3, -0.25) is 29.1 Å². The zero-order valence-corrected chi connectivity index (χ0v) is 75.3. The fourth-order valence-corrected chi connectivity index (χ4v) is 15.8. The summed E-state index contributed by atoms with van der Waals surface area (Å²) in [5.74, 6) is 0.937. The van der Waals surface area contributed by atoms with Crippen LogP contribution >= 0.6 is 33.0 Å². The molecule has 0 bridgehead atoms. The van der Waals surface area contributed by atoms with Crippen molar-refractivity contribution >= 4 is 87.6 Å². The lowest BCUT2D eigenvalue weighted by Gasteiger charge is -2.17. The number of nitrogens with zero attached hydrogens (tertiary/aromatic N) is 6. The first-order chi connectivity index (χ1) is 54.9. The van der Waals surface area contributed by atoms with Gasteiger partial charge in [-0.1, -0.05) is 374 Å². The van der Waals surface area contributed by atoms with Crippen molar-refractivity contribution < 1.29 is 44.7 Å². The van der Waals surface area contributed by atoms with Crippen molar-refractivity contribution in [3.05, 3.63) is 70.0 Å². The zero-order valence-electron chi connectivity index (χ0n) is 72.2. The van der Waals surface area contributed by atoms with Crippen molar-refractivity contribution in [1.29, 1.82) is 0 Å². The lowest BCUT2D eigenvalue weighted by molar-refractivity contribution is -0.264. The molecule has 0 saturated heterocycles. The number of carbonyl (C=O) groups excluding carboxylic acids is 1. The number of anilines is 2. The lowest BCUT2D eigenvalue weighted by Crippen LogP contribution is -2.14. The van der Waals surface area contributed by atoms with Crippen molar-refractivity contribution in [3.8, 4) is 0 Å². The number of carboxylic acid groups (broad SMARTS) is 1. The van der Waals surface area contributed by atoms with E-state index < -0.39 is 15.2 Å². The summed E-state index contributed by atoms with van der Waals surface area (Å²) in [6.45, 7) is 20.1. The van der Waals surface area contributed by atoms with E-state index in [1.54, 1.807) is 12.7 Å². The normalized spacial score (nSPS) is 15.0. The molecule has 0 radical (unpaired) electrons. The van der Waals surface area contributed by atoms with Gasteiger partial charge in [-0.05, 0) is 80.9 Å². The zero-order chi connectivity index (χ0) is 82.6. The van der Waals surface area contributed by atoms with Gasteiger partial charge < -0.3 is 46.7 Å². The van der Waals surface area contributed by atoms with Crippen molar-refractivity contribution in [1.82, 2.24) is 39.0 Å². The molecular formula is C90H163Cl3N10O11S. The molecule has 0 aliphatic heterocycles. The highest BCUT2D eigenvalue weighted by atomic mass is 36.0. The first-order valence-electron chi connectivity index (χ1n) is 45.4. The second kappa shape index (κ2) is 75.5. The molecule has 6 rings (SSSR count). The minimum atomic E-state index is -1.67. The maximum absolute atomic E-state index is 12.1. The summed E-state index contributed by atoms with van der Waals surface area (Å²) >= 11 is 5.32. The van der Waals surface area contributed by atoms with Gasteiger partial charge >= 0.3 is 5.97 Å². The van der Waals surface area contributed by atoms with Gasteiger partial charge in [0, 0.05) is 53.2 Å². The molecule has 0 aromatic carbocycles. The highest BCUT2D eigenvalue weighted by Crippen LogP contribution is 2.43. The van der Waals surface area contributed by atoms with Gasteiger partial charge in [0.25, 0.3) is 11.1 Å². The number of nitrogen functional groups attached to an aromatic ring is 2. The average Bonchev–Trinajstić information content (AvgIpc) is 1.74. The fraction of sp³-hybridized carbons (Fsp3) is 0.800. The van der Waals surface area contributed by atoms with E-state index in [0.29, 0.717) is 42.2 Å². The predicted molar refractivity (Wildman–Crippen MR) is 485 cm³/mol. The molecule has 2 saturated carbocycles. The molecular weight excluding hydrogens is 1540 g/mol. The number of aromatic nitrogens is 8. The summed E-state index contributed by atoms with van der Waals surface area (Å²) in [7, 11) is 7.36. The molecule has 0 spiro atoms. The molecule has 21 nitrogen and oxygen atoms in total. The van der Waals surface area contributed by atoms with E-state index in [9.17, 15) is 24.3 Å². The number of aromatic amines is 2. The van der Waals surface area contributed by atoms with Crippen LogP contribution in [0.25, 0.3) is 22.3 Å². The molecule has 0 unspecified atom stereocenters. The Morgan fingerprint density at radius 2 is 0.748 bits per heavy atom. The number of aliphatic hydroxyl groups excluding tert-OH is 1. The van der Waals surface area contributed by atoms with Gasteiger partial charge in [0.1, 0.15) is 5.76 Å². The number of carbonyl (C=O) groups is 2. The van der Waals surface area contributed by atoms with Crippen molar-refractivity contribution in [2.45, 2.75) is 437 Å². The summed E-state index contributed by atoms with van der Waals surface area (Å²) in [5.41, 5.74) is 14.5. The Hall–Kier alpha value is -4.68. The first kappa shape index (κ1) is 110. The maximum atomic E-state index is 12.1. The molecule has 666 valence electrons. The van der Waals surface area contributed by atoms with Crippen molar-refractivity contribution in [2.24, 2.45) is 11.8 Å². The van der Waals surface area contributed by atoms with Crippen LogP contribution < -0.4 is 22.6 Å². The van der Waals surface area contributed by atoms with Crippen LogP contribution in [0.2, 0.25) is 0 Å². The SMILES string of the molecule is C=C(CCCCCCCCCCC[C@@H]1CC[C@H](n2cnc3c(=O)[nH]c(N)nc32)C1=C)OOCCCCCCCCCC.C=C1[C@H](CO)CC[C@@H]1n1cnc2c(=O)[nH]c(N)nc21.CCCCCCCCCCCCCCCCCCCCCC(=O)Cl.CCCCCCCCCCCCCCCCCCCCCC(=O)O.O.O.O=S(Cl)Cl. The Labute approximate surface area is 710 Å². The maximum Gasteiger partial charge on any atom is 0.303 e. The Kier molecular flexibility index (Phi) is 72.5. The second-order valence-corrected chi connectivity index (χ2v) is 35.2. The van der Waals surface area contributed by atoms with Crippen LogP contribution in [0.3, 0.4) is 0 Å². The number of aliphatic carboxylic acids is 1. The summed E-state index contributed by atoms with van der Waals surface area (Å²) in [5, 5.41) is 17.7. The highest BCUT2D eigenvalue weighted by molar-refractivity contribution is 8.26. The van der Waals surface area contributed by atoms with E-state index in [4.69, 9.17) is 42.2 Å². The number of nitrogens with two attached hydrogens (primary N) is 2. The molecule has 4 aromatic heterocycles. The molecule has 2 aliphatic rings. The van der Waals surface area contributed by atoms with Gasteiger partial charge in [-0.2, -0.15) is 14.9 Å². The number of carboxylic acids is 1. The minimum Gasteiger partial charge on any atom is -0.481 e. The number of H-pyrrole nitrogens is 2.